The molecule has 0 aromatic carbocycles. The van der Waals surface area contributed by atoms with Crippen molar-refractivity contribution >= 4 is 23.3 Å². The van der Waals surface area contributed by atoms with Crippen molar-refractivity contribution in [2.45, 2.75) is 39.7 Å². The van der Waals surface area contributed by atoms with Crippen molar-refractivity contribution in [2.75, 3.05) is 6.61 Å². The Morgan fingerprint density at radius 3 is 2.47 bits per heavy atom. The van der Waals surface area contributed by atoms with Gasteiger partial charge in [0, 0.05) is 0 Å². The van der Waals surface area contributed by atoms with Crippen LogP contribution in [0.5, 0.6) is 0 Å². The summed E-state index contributed by atoms with van der Waals surface area (Å²) in [6, 6.07) is 0. The number of alkyl carbamates (subject to hydrolysis) is 1. The third-order valence-corrected chi connectivity index (χ3v) is 2.63. The fourth-order valence-electron chi connectivity index (χ4n) is 0.828. The molecule has 15 heavy (non-hydrogen) atoms. The molecule has 0 rings (SSSR count). The Morgan fingerprint density at radius 2 is 2.13 bits per heavy atom. The van der Waals surface area contributed by atoms with Gasteiger partial charge in [-0.15, -0.1) is 0 Å². The predicted octanol–water partition coefficient (Wildman–Crippen LogP) is 1.82. The molecule has 0 bridgehead atoms. The molecule has 1 unspecified atom stereocenters. The van der Waals surface area contributed by atoms with E-state index in [4.69, 9.17) is 22.7 Å². The van der Waals surface area contributed by atoms with Crippen molar-refractivity contribution in [3.63, 3.8) is 0 Å². The standard InChI is InChI=1S/C10H20N2O2S/c1-5-10(4,8(11)15)12-9(13)14-6-7(2)3/h7H,5-6H2,1-4H3,(H2,11,15)(H,12,13). The summed E-state index contributed by atoms with van der Waals surface area (Å²) >= 11 is 4.89. The molecular weight excluding hydrogens is 212 g/mol. The van der Waals surface area contributed by atoms with Crippen LogP contribution < -0.4 is 11.1 Å². The Labute approximate surface area is 96.5 Å². The molecule has 0 aliphatic carbocycles. The fourth-order valence-corrected chi connectivity index (χ4v) is 1.02. The largest absolute Gasteiger partial charge is 0.449 e. The number of ether oxygens (including phenoxy) is 1. The van der Waals surface area contributed by atoms with Crippen LogP contribution in [0.2, 0.25) is 0 Å². The Morgan fingerprint density at radius 1 is 1.60 bits per heavy atom. The van der Waals surface area contributed by atoms with Crippen molar-refractivity contribution < 1.29 is 9.53 Å². The van der Waals surface area contributed by atoms with Crippen molar-refractivity contribution in [3.05, 3.63) is 0 Å². The molecule has 1 atom stereocenters. The minimum atomic E-state index is -0.663. The van der Waals surface area contributed by atoms with Crippen molar-refractivity contribution in [1.82, 2.24) is 5.32 Å². The van der Waals surface area contributed by atoms with Crippen LogP contribution >= 0.6 is 12.2 Å². The minimum Gasteiger partial charge on any atom is -0.449 e. The number of amides is 1. The molecule has 0 aromatic heterocycles. The minimum absolute atomic E-state index is 0.270. The lowest BCUT2D eigenvalue weighted by molar-refractivity contribution is 0.127. The first-order valence-electron chi connectivity index (χ1n) is 5.06. The van der Waals surface area contributed by atoms with Gasteiger partial charge in [0.05, 0.1) is 17.1 Å². The molecule has 0 aliphatic heterocycles. The van der Waals surface area contributed by atoms with Crippen LogP contribution in [-0.2, 0) is 4.74 Å². The topological polar surface area (TPSA) is 64.3 Å². The van der Waals surface area contributed by atoms with Gasteiger partial charge in [-0.2, -0.15) is 0 Å². The van der Waals surface area contributed by atoms with Gasteiger partial charge >= 0.3 is 6.09 Å². The number of hydrogen-bond donors (Lipinski definition) is 2. The number of hydrogen-bond acceptors (Lipinski definition) is 3. The second-order valence-corrected chi connectivity index (χ2v) is 4.61. The summed E-state index contributed by atoms with van der Waals surface area (Å²) in [5.41, 5.74) is 4.88. The summed E-state index contributed by atoms with van der Waals surface area (Å²) < 4.78 is 4.99. The zero-order valence-electron chi connectivity index (χ0n) is 9.79. The molecule has 0 saturated heterocycles. The maximum atomic E-state index is 11.4. The summed E-state index contributed by atoms with van der Waals surface area (Å²) in [7, 11) is 0. The van der Waals surface area contributed by atoms with Crippen LogP contribution in [0.25, 0.3) is 0 Å². The molecule has 0 heterocycles. The lowest BCUT2D eigenvalue weighted by Gasteiger charge is -2.27. The van der Waals surface area contributed by atoms with Gasteiger partial charge in [0.2, 0.25) is 0 Å². The van der Waals surface area contributed by atoms with Crippen LogP contribution in [0.15, 0.2) is 0 Å². The highest BCUT2D eigenvalue weighted by Crippen LogP contribution is 2.09. The zero-order valence-corrected chi connectivity index (χ0v) is 10.6. The molecule has 0 spiro atoms. The number of nitrogens with two attached hydrogens (primary N) is 1. The normalized spacial score (nSPS) is 14.5. The highest BCUT2D eigenvalue weighted by Gasteiger charge is 2.28. The van der Waals surface area contributed by atoms with Crippen LogP contribution in [0.3, 0.4) is 0 Å². The van der Waals surface area contributed by atoms with E-state index in [2.05, 4.69) is 5.32 Å². The number of carbonyl (C=O) groups is 1. The molecule has 0 fully saturated rings. The first kappa shape index (κ1) is 14.2. The van der Waals surface area contributed by atoms with Gasteiger partial charge < -0.3 is 15.8 Å². The molecule has 0 aromatic rings. The van der Waals surface area contributed by atoms with Crippen molar-refractivity contribution in [1.29, 1.82) is 0 Å². The maximum absolute atomic E-state index is 11.4. The van der Waals surface area contributed by atoms with Crippen LogP contribution in [-0.4, -0.2) is 23.2 Å². The third-order valence-electron chi connectivity index (χ3n) is 2.18. The smallest absolute Gasteiger partial charge is 0.407 e. The van der Waals surface area contributed by atoms with Crippen LogP contribution in [0.4, 0.5) is 4.79 Å². The number of nitrogens with one attached hydrogen (secondary N) is 1. The quantitative estimate of drug-likeness (QED) is 0.710. The predicted molar refractivity (Wildman–Crippen MR) is 64.8 cm³/mol. The second kappa shape index (κ2) is 5.90. The highest BCUT2D eigenvalue weighted by atomic mass is 32.1. The van der Waals surface area contributed by atoms with E-state index in [1.165, 1.54) is 0 Å². The van der Waals surface area contributed by atoms with E-state index in [9.17, 15) is 4.79 Å². The van der Waals surface area contributed by atoms with E-state index in [0.717, 1.165) is 0 Å². The lowest BCUT2D eigenvalue weighted by atomic mass is 10.00. The summed E-state index contributed by atoms with van der Waals surface area (Å²) in [6.07, 6.45) is 0.167. The average molecular weight is 232 g/mol. The molecule has 5 heteroatoms. The van der Waals surface area contributed by atoms with Crippen molar-refractivity contribution in [2.24, 2.45) is 11.7 Å². The third kappa shape index (κ3) is 4.97. The number of carbonyl (C=O) groups excluding carboxylic acids is 1. The first-order valence-corrected chi connectivity index (χ1v) is 5.47. The molecule has 1 amide bonds. The molecule has 0 radical (unpaired) electrons. The van der Waals surface area contributed by atoms with Gasteiger partial charge in [-0.1, -0.05) is 33.0 Å². The summed E-state index contributed by atoms with van der Waals surface area (Å²) in [4.78, 5) is 11.6. The van der Waals surface area contributed by atoms with Gasteiger partial charge in [-0.3, -0.25) is 0 Å². The SMILES string of the molecule is CCC(C)(NC(=O)OCC(C)C)C(N)=S. The monoisotopic (exact) mass is 232 g/mol. The second-order valence-electron chi connectivity index (χ2n) is 4.17. The van der Waals surface area contributed by atoms with Gasteiger partial charge in [0.25, 0.3) is 0 Å². The fraction of sp³-hybridized carbons (Fsp3) is 0.800. The summed E-state index contributed by atoms with van der Waals surface area (Å²) in [6.45, 7) is 8.02. The zero-order chi connectivity index (χ0) is 12.1. The maximum Gasteiger partial charge on any atom is 0.407 e. The van der Waals surface area contributed by atoms with Crippen molar-refractivity contribution in [3.8, 4) is 0 Å². The Bertz CT molecular complexity index is 244. The molecule has 0 aliphatic rings. The molecule has 4 nitrogen and oxygen atoms in total. The summed E-state index contributed by atoms with van der Waals surface area (Å²) in [5, 5.41) is 2.67. The van der Waals surface area contributed by atoms with E-state index in [-0.39, 0.29) is 4.99 Å². The Hall–Kier alpha value is -0.840. The van der Waals surface area contributed by atoms with E-state index < -0.39 is 11.6 Å². The van der Waals surface area contributed by atoms with Gasteiger partial charge in [0.1, 0.15) is 0 Å². The van der Waals surface area contributed by atoms with Crippen LogP contribution in [0, 0.1) is 5.92 Å². The molecular formula is C10H20N2O2S. The van der Waals surface area contributed by atoms with Gasteiger partial charge in [0.15, 0.2) is 0 Å². The Balaban J connectivity index is 4.19. The first-order chi connectivity index (χ1) is 6.81. The number of thiocarbonyl (C=S) groups is 1. The average Bonchev–Trinajstić information content (AvgIpc) is 2.14. The van der Waals surface area contributed by atoms with E-state index in [1.807, 2.05) is 20.8 Å². The molecule has 3 N–H and O–H groups in total. The van der Waals surface area contributed by atoms with Crippen LogP contribution in [0.1, 0.15) is 34.1 Å². The highest BCUT2D eigenvalue weighted by molar-refractivity contribution is 7.80. The lowest BCUT2D eigenvalue weighted by Crippen LogP contribution is -2.54. The molecule has 88 valence electrons. The Kier molecular flexibility index (Phi) is 5.57. The van der Waals surface area contributed by atoms with E-state index >= 15 is 0 Å². The molecule has 0 saturated carbocycles. The van der Waals surface area contributed by atoms with E-state index in [0.29, 0.717) is 18.9 Å². The van der Waals surface area contributed by atoms with Gasteiger partial charge in [-0.25, -0.2) is 4.79 Å². The number of rotatable bonds is 5. The van der Waals surface area contributed by atoms with E-state index in [1.54, 1.807) is 6.92 Å². The summed E-state index contributed by atoms with van der Waals surface area (Å²) in [5.74, 6) is 0.313. The van der Waals surface area contributed by atoms with Gasteiger partial charge in [-0.05, 0) is 19.3 Å².